The van der Waals surface area contributed by atoms with Crippen LogP contribution >= 0.6 is 0 Å². The van der Waals surface area contributed by atoms with Gasteiger partial charge in [0, 0.05) is 13.0 Å². The summed E-state index contributed by atoms with van der Waals surface area (Å²) in [4.78, 5) is 16.3. The van der Waals surface area contributed by atoms with Crippen molar-refractivity contribution >= 4 is 5.91 Å². The van der Waals surface area contributed by atoms with Gasteiger partial charge in [0.15, 0.2) is 0 Å². The normalized spacial score (nSPS) is 27.4. The number of aromatic nitrogens is 3. The third-order valence-corrected chi connectivity index (χ3v) is 3.74. The Bertz CT molecular complexity index is 441. The number of carbonyl (C=O) groups excluding carboxylic acids is 1. The van der Waals surface area contributed by atoms with Crippen molar-refractivity contribution in [2.24, 2.45) is 0 Å². The van der Waals surface area contributed by atoms with Gasteiger partial charge in [0.25, 0.3) is 5.91 Å². The van der Waals surface area contributed by atoms with Crippen molar-refractivity contribution in [1.82, 2.24) is 20.5 Å². The third kappa shape index (κ3) is 2.25. The summed E-state index contributed by atoms with van der Waals surface area (Å²) in [7, 11) is 1.69. The van der Waals surface area contributed by atoms with Crippen LogP contribution in [-0.2, 0) is 4.74 Å². The molecule has 0 aromatic carbocycles. The molecule has 2 atom stereocenters. The Labute approximate surface area is 106 Å². The first-order chi connectivity index (χ1) is 8.78. The lowest BCUT2D eigenvalue weighted by atomic mass is 10.2. The third-order valence-electron chi connectivity index (χ3n) is 3.74. The summed E-state index contributed by atoms with van der Waals surface area (Å²) in [5, 5.41) is 9.79. The zero-order chi connectivity index (χ0) is 12.5. The number of amides is 1. The van der Waals surface area contributed by atoms with Gasteiger partial charge in [-0.1, -0.05) is 0 Å². The van der Waals surface area contributed by atoms with Gasteiger partial charge in [0.2, 0.25) is 5.82 Å². The van der Waals surface area contributed by atoms with Crippen molar-refractivity contribution in [3.8, 4) is 0 Å². The Morgan fingerprint density at radius 2 is 2.22 bits per heavy atom. The lowest BCUT2D eigenvalue weighted by Gasteiger charge is -2.18. The summed E-state index contributed by atoms with van der Waals surface area (Å²) in [6.45, 7) is 0. The maximum atomic E-state index is 12.0. The molecule has 6 heteroatoms. The van der Waals surface area contributed by atoms with Crippen LogP contribution in [0.3, 0.4) is 0 Å². The van der Waals surface area contributed by atoms with E-state index in [9.17, 15) is 4.79 Å². The summed E-state index contributed by atoms with van der Waals surface area (Å²) in [5.41, 5.74) is 0. The fourth-order valence-electron chi connectivity index (χ4n) is 2.52. The van der Waals surface area contributed by atoms with Crippen molar-refractivity contribution in [1.29, 1.82) is 0 Å². The van der Waals surface area contributed by atoms with Gasteiger partial charge >= 0.3 is 0 Å². The first kappa shape index (κ1) is 11.6. The Kier molecular flexibility index (Phi) is 3.03. The minimum absolute atomic E-state index is 0.0883. The largest absolute Gasteiger partial charge is 0.379 e. The quantitative estimate of drug-likeness (QED) is 0.834. The van der Waals surface area contributed by atoms with Crippen LogP contribution in [0.4, 0.5) is 0 Å². The number of hydrogen-bond acceptors (Lipinski definition) is 4. The molecule has 2 aliphatic carbocycles. The molecular formula is C12H18N4O2. The number of methoxy groups -OCH3 is 1. The van der Waals surface area contributed by atoms with Crippen molar-refractivity contribution in [2.45, 2.75) is 50.2 Å². The number of carbonyl (C=O) groups is 1. The van der Waals surface area contributed by atoms with Crippen LogP contribution in [-0.4, -0.2) is 40.3 Å². The van der Waals surface area contributed by atoms with E-state index in [4.69, 9.17) is 4.74 Å². The lowest BCUT2D eigenvalue weighted by molar-refractivity contribution is 0.0716. The van der Waals surface area contributed by atoms with E-state index in [0.29, 0.717) is 5.92 Å². The molecule has 1 aromatic rings. The van der Waals surface area contributed by atoms with Gasteiger partial charge < -0.3 is 10.1 Å². The molecule has 2 aliphatic rings. The fraction of sp³-hybridized carbons (Fsp3) is 0.750. The number of nitrogens with zero attached hydrogens (tertiary/aromatic N) is 2. The van der Waals surface area contributed by atoms with Gasteiger partial charge in [-0.15, -0.1) is 5.10 Å². The number of ether oxygens (including phenoxy) is 1. The second-order valence-corrected chi connectivity index (χ2v) is 5.10. The molecule has 18 heavy (non-hydrogen) atoms. The fourth-order valence-corrected chi connectivity index (χ4v) is 2.52. The smallest absolute Gasteiger partial charge is 0.291 e. The Hall–Kier alpha value is -1.43. The molecule has 2 unspecified atom stereocenters. The molecule has 1 amide bonds. The molecule has 0 radical (unpaired) electrons. The van der Waals surface area contributed by atoms with Crippen LogP contribution in [0.25, 0.3) is 0 Å². The summed E-state index contributed by atoms with van der Waals surface area (Å²) < 4.78 is 5.35. The number of nitrogens with one attached hydrogen (secondary N) is 2. The predicted molar refractivity (Wildman–Crippen MR) is 64.3 cm³/mol. The van der Waals surface area contributed by atoms with Gasteiger partial charge in [-0.3, -0.25) is 9.89 Å². The number of H-pyrrole nitrogens is 1. The zero-order valence-electron chi connectivity index (χ0n) is 10.5. The molecule has 1 heterocycles. The second kappa shape index (κ2) is 4.68. The molecule has 2 N–H and O–H groups in total. The number of hydrogen-bond donors (Lipinski definition) is 2. The molecular weight excluding hydrogens is 232 g/mol. The van der Waals surface area contributed by atoms with Crippen LogP contribution in [0.5, 0.6) is 0 Å². The van der Waals surface area contributed by atoms with Gasteiger partial charge in [0.1, 0.15) is 5.82 Å². The Morgan fingerprint density at radius 1 is 1.39 bits per heavy atom. The Morgan fingerprint density at radius 3 is 2.94 bits per heavy atom. The van der Waals surface area contributed by atoms with Crippen LogP contribution < -0.4 is 5.32 Å². The molecule has 0 bridgehead atoms. The van der Waals surface area contributed by atoms with Crippen molar-refractivity contribution < 1.29 is 9.53 Å². The van der Waals surface area contributed by atoms with Crippen molar-refractivity contribution in [3.63, 3.8) is 0 Å². The van der Waals surface area contributed by atoms with E-state index in [1.54, 1.807) is 7.11 Å². The second-order valence-electron chi connectivity index (χ2n) is 5.10. The van der Waals surface area contributed by atoms with E-state index in [-0.39, 0.29) is 23.9 Å². The monoisotopic (exact) mass is 250 g/mol. The minimum atomic E-state index is -0.202. The zero-order valence-corrected chi connectivity index (χ0v) is 10.5. The summed E-state index contributed by atoms with van der Waals surface area (Å²) in [6.07, 6.45) is 5.46. The predicted octanol–water partition coefficient (Wildman–Crippen LogP) is 0.979. The van der Waals surface area contributed by atoms with Crippen LogP contribution in [0.15, 0.2) is 0 Å². The number of rotatable bonds is 4. The molecule has 2 saturated carbocycles. The Balaban J connectivity index is 1.62. The SMILES string of the molecule is COC1CCCC1NC(=O)c1n[nH]c(C2CC2)n1. The van der Waals surface area contributed by atoms with E-state index >= 15 is 0 Å². The van der Waals surface area contributed by atoms with Crippen LogP contribution in [0.2, 0.25) is 0 Å². The van der Waals surface area contributed by atoms with Crippen molar-refractivity contribution in [3.05, 3.63) is 11.6 Å². The maximum Gasteiger partial charge on any atom is 0.291 e. The molecule has 3 rings (SSSR count). The molecule has 2 fully saturated rings. The molecule has 6 nitrogen and oxygen atoms in total. The van der Waals surface area contributed by atoms with E-state index < -0.39 is 0 Å². The standard InChI is InChI=1S/C12H18N4O2/c1-18-9-4-2-3-8(9)13-12(17)11-14-10(15-16-11)7-5-6-7/h7-9H,2-6H2,1H3,(H,13,17)(H,14,15,16). The average molecular weight is 250 g/mol. The highest BCUT2D eigenvalue weighted by atomic mass is 16.5. The van der Waals surface area contributed by atoms with Gasteiger partial charge in [-0.25, -0.2) is 4.98 Å². The minimum Gasteiger partial charge on any atom is -0.379 e. The molecule has 98 valence electrons. The highest BCUT2D eigenvalue weighted by Gasteiger charge is 2.31. The van der Waals surface area contributed by atoms with Gasteiger partial charge in [-0.05, 0) is 32.1 Å². The van der Waals surface area contributed by atoms with E-state index in [2.05, 4.69) is 20.5 Å². The molecule has 1 aromatic heterocycles. The first-order valence-corrected chi connectivity index (χ1v) is 6.54. The molecule has 0 spiro atoms. The first-order valence-electron chi connectivity index (χ1n) is 6.54. The van der Waals surface area contributed by atoms with Gasteiger partial charge in [0.05, 0.1) is 12.1 Å². The van der Waals surface area contributed by atoms with E-state index in [1.165, 1.54) is 0 Å². The highest BCUT2D eigenvalue weighted by Crippen LogP contribution is 2.37. The summed E-state index contributed by atoms with van der Waals surface area (Å²) in [6, 6.07) is 0.0883. The summed E-state index contributed by atoms with van der Waals surface area (Å²) >= 11 is 0. The topological polar surface area (TPSA) is 79.9 Å². The maximum absolute atomic E-state index is 12.0. The lowest BCUT2D eigenvalue weighted by Crippen LogP contribution is -2.41. The average Bonchev–Trinajstić information content (AvgIpc) is 2.93. The highest BCUT2D eigenvalue weighted by molar-refractivity contribution is 5.90. The molecule has 0 saturated heterocycles. The number of aromatic amines is 1. The molecule has 0 aliphatic heterocycles. The van der Waals surface area contributed by atoms with Gasteiger partial charge in [-0.2, -0.15) is 0 Å². The summed E-state index contributed by atoms with van der Waals surface area (Å²) in [5.74, 6) is 1.37. The van der Waals surface area contributed by atoms with Crippen LogP contribution in [0, 0.1) is 0 Å². The van der Waals surface area contributed by atoms with E-state index in [0.717, 1.165) is 37.9 Å². The van der Waals surface area contributed by atoms with Crippen molar-refractivity contribution in [2.75, 3.05) is 7.11 Å². The van der Waals surface area contributed by atoms with E-state index in [1.807, 2.05) is 0 Å². The van der Waals surface area contributed by atoms with Crippen LogP contribution in [0.1, 0.15) is 54.5 Å².